The molecule has 3 nitrogen and oxygen atoms in total. The van der Waals surface area contributed by atoms with Crippen LogP contribution in [0.1, 0.15) is 29.0 Å². The Balaban J connectivity index is 1.92. The standard InChI is InChI=1S/C14H13Br2NO2S/c1-18-7-2-3-11-8(4-7)10(17)6-12(19-11)13-5-9(15)14(16)20-13/h2-5,10,12H,6,17H2,1H3. The van der Waals surface area contributed by atoms with E-state index in [1.807, 2.05) is 18.2 Å². The largest absolute Gasteiger partial charge is 0.497 e. The Morgan fingerprint density at radius 1 is 1.35 bits per heavy atom. The maximum Gasteiger partial charge on any atom is 0.135 e. The first-order valence-corrected chi connectivity index (χ1v) is 8.53. The number of benzene rings is 1. The number of rotatable bonds is 2. The molecular formula is C14H13Br2NO2S. The van der Waals surface area contributed by atoms with Crippen molar-refractivity contribution in [3.8, 4) is 11.5 Å². The van der Waals surface area contributed by atoms with Gasteiger partial charge in [0.1, 0.15) is 17.6 Å². The van der Waals surface area contributed by atoms with E-state index in [0.717, 1.165) is 31.7 Å². The summed E-state index contributed by atoms with van der Waals surface area (Å²) in [6.45, 7) is 0. The fourth-order valence-corrected chi connectivity index (χ4v) is 4.44. The van der Waals surface area contributed by atoms with Gasteiger partial charge in [-0.15, -0.1) is 11.3 Å². The lowest BCUT2D eigenvalue weighted by Crippen LogP contribution is -2.23. The Bertz CT molecular complexity index is 625. The van der Waals surface area contributed by atoms with Crippen molar-refractivity contribution in [2.75, 3.05) is 7.11 Å². The average molecular weight is 419 g/mol. The van der Waals surface area contributed by atoms with Crippen LogP contribution in [0.5, 0.6) is 11.5 Å². The van der Waals surface area contributed by atoms with E-state index in [0.29, 0.717) is 0 Å². The molecule has 0 saturated heterocycles. The van der Waals surface area contributed by atoms with Gasteiger partial charge in [0.2, 0.25) is 0 Å². The molecule has 2 aromatic rings. The van der Waals surface area contributed by atoms with Gasteiger partial charge in [-0.25, -0.2) is 0 Å². The Morgan fingerprint density at radius 3 is 2.80 bits per heavy atom. The molecule has 0 saturated carbocycles. The lowest BCUT2D eigenvalue weighted by atomic mass is 9.96. The predicted octanol–water partition coefficient (Wildman–Crippen LogP) is 4.81. The van der Waals surface area contributed by atoms with E-state index in [1.54, 1.807) is 18.4 Å². The molecule has 1 aliphatic rings. The third-order valence-corrected chi connectivity index (χ3v) is 6.68. The summed E-state index contributed by atoms with van der Waals surface area (Å²) in [5.41, 5.74) is 7.30. The highest BCUT2D eigenvalue weighted by atomic mass is 79.9. The summed E-state index contributed by atoms with van der Waals surface area (Å²) < 4.78 is 13.5. The van der Waals surface area contributed by atoms with Gasteiger partial charge in [0.05, 0.1) is 10.9 Å². The molecule has 1 aromatic carbocycles. The summed E-state index contributed by atoms with van der Waals surface area (Å²) >= 11 is 8.70. The van der Waals surface area contributed by atoms with E-state index in [4.69, 9.17) is 15.2 Å². The Labute approximate surface area is 138 Å². The second-order valence-electron chi connectivity index (χ2n) is 4.62. The molecule has 2 unspecified atom stereocenters. The number of methoxy groups -OCH3 is 1. The number of hydrogen-bond acceptors (Lipinski definition) is 4. The molecule has 0 aliphatic carbocycles. The van der Waals surface area contributed by atoms with Gasteiger partial charge in [-0.3, -0.25) is 0 Å². The van der Waals surface area contributed by atoms with Crippen molar-refractivity contribution in [3.63, 3.8) is 0 Å². The van der Waals surface area contributed by atoms with Crippen molar-refractivity contribution in [2.45, 2.75) is 18.6 Å². The van der Waals surface area contributed by atoms with Crippen molar-refractivity contribution < 1.29 is 9.47 Å². The topological polar surface area (TPSA) is 44.5 Å². The molecule has 0 radical (unpaired) electrons. The minimum atomic E-state index is -0.0431. The molecule has 106 valence electrons. The molecule has 1 aromatic heterocycles. The van der Waals surface area contributed by atoms with E-state index < -0.39 is 0 Å². The van der Waals surface area contributed by atoms with Crippen LogP contribution in [0.25, 0.3) is 0 Å². The van der Waals surface area contributed by atoms with E-state index in [1.165, 1.54) is 4.88 Å². The van der Waals surface area contributed by atoms with Crippen molar-refractivity contribution in [2.24, 2.45) is 5.73 Å². The van der Waals surface area contributed by atoms with Crippen LogP contribution in [0, 0.1) is 0 Å². The summed E-state index contributed by atoms with van der Waals surface area (Å²) in [5, 5.41) is 0. The van der Waals surface area contributed by atoms with Gasteiger partial charge in [-0.2, -0.15) is 0 Å². The van der Waals surface area contributed by atoms with Gasteiger partial charge in [-0.05, 0) is 56.1 Å². The molecule has 0 fully saturated rings. The summed E-state index contributed by atoms with van der Waals surface area (Å²) in [6.07, 6.45) is 0.762. The molecular weight excluding hydrogens is 406 g/mol. The summed E-state index contributed by atoms with van der Waals surface area (Å²) in [5.74, 6) is 1.65. The molecule has 1 aliphatic heterocycles. The quantitative estimate of drug-likeness (QED) is 0.761. The van der Waals surface area contributed by atoms with Gasteiger partial charge < -0.3 is 15.2 Å². The maximum atomic E-state index is 6.29. The van der Waals surface area contributed by atoms with E-state index >= 15 is 0 Å². The summed E-state index contributed by atoms with van der Waals surface area (Å²) in [7, 11) is 1.65. The molecule has 20 heavy (non-hydrogen) atoms. The van der Waals surface area contributed by atoms with Crippen LogP contribution in [0.4, 0.5) is 0 Å². The minimum absolute atomic E-state index is 0.00139. The van der Waals surface area contributed by atoms with Crippen LogP contribution in [0.2, 0.25) is 0 Å². The van der Waals surface area contributed by atoms with Crippen LogP contribution in [0.15, 0.2) is 32.5 Å². The Hall–Kier alpha value is -0.560. The van der Waals surface area contributed by atoms with Crippen LogP contribution in [-0.4, -0.2) is 7.11 Å². The summed E-state index contributed by atoms with van der Waals surface area (Å²) in [6, 6.07) is 7.82. The lowest BCUT2D eigenvalue weighted by molar-refractivity contribution is 0.164. The van der Waals surface area contributed by atoms with Crippen LogP contribution in [-0.2, 0) is 0 Å². The molecule has 0 bridgehead atoms. The first-order chi connectivity index (χ1) is 9.58. The smallest absolute Gasteiger partial charge is 0.135 e. The lowest BCUT2D eigenvalue weighted by Gasteiger charge is -2.30. The highest BCUT2D eigenvalue weighted by molar-refractivity contribution is 9.13. The Morgan fingerprint density at radius 2 is 2.15 bits per heavy atom. The normalized spacial score (nSPS) is 21.2. The molecule has 2 heterocycles. The molecule has 2 N–H and O–H groups in total. The van der Waals surface area contributed by atoms with Crippen molar-refractivity contribution in [1.82, 2.24) is 0 Å². The maximum absolute atomic E-state index is 6.29. The van der Waals surface area contributed by atoms with E-state index in [9.17, 15) is 0 Å². The van der Waals surface area contributed by atoms with E-state index in [-0.39, 0.29) is 12.1 Å². The fraction of sp³-hybridized carbons (Fsp3) is 0.286. The van der Waals surface area contributed by atoms with E-state index in [2.05, 4.69) is 37.9 Å². The highest BCUT2D eigenvalue weighted by Crippen LogP contribution is 2.45. The number of ether oxygens (including phenoxy) is 2. The first-order valence-electron chi connectivity index (χ1n) is 6.13. The zero-order valence-corrected chi connectivity index (χ0v) is 14.7. The van der Waals surface area contributed by atoms with Crippen LogP contribution < -0.4 is 15.2 Å². The highest BCUT2D eigenvalue weighted by Gasteiger charge is 2.29. The van der Waals surface area contributed by atoms with Crippen molar-refractivity contribution >= 4 is 43.2 Å². The molecule has 0 amide bonds. The number of halogens is 2. The number of nitrogens with two attached hydrogens (primary N) is 1. The summed E-state index contributed by atoms with van der Waals surface area (Å²) in [4.78, 5) is 1.17. The molecule has 3 rings (SSSR count). The second-order valence-corrected chi connectivity index (χ2v) is 7.88. The van der Waals surface area contributed by atoms with Crippen LogP contribution >= 0.6 is 43.2 Å². The first kappa shape index (κ1) is 14.4. The van der Waals surface area contributed by atoms with Crippen molar-refractivity contribution in [3.05, 3.63) is 43.0 Å². The van der Waals surface area contributed by atoms with Gasteiger partial charge in [0.25, 0.3) is 0 Å². The van der Waals surface area contributed by atoms with Gasteiger partial charge >= 0.3 is 0 Å². The van der Waals surface area contributed by atoms with Gasteiger partial charge in [0, 0.05) is 27.4 Å². The van der Waals surface area contributed by atoms with Crippen molar-refractivity contribution in [1.29, 1.82) is 0 Å². The molecule has 2 atom stereocenters. The zero-order valence-electron chi connectivity index (χ0n) is 10.7. The second kappa shape index (κ2) is 5.67. The molecule has 6 heteroatoms. The SMILES string of the molecule is COc1ccc2c(c1)C(N)CC(c1cc(Br)c(Br)s1)O2. The predicted molar refractivity (Wildman–Crippen MR) is 87.6 cm³/mol. The van der Waals surface area contributed by atoms with Gasteiger partial charge in [0.15, 0.2) is 0 Å². The zero-order chi connectivity index (χ0) is 14.3. The number of thiophene rings is 1. The fourth-order valence-electron chi connectivity index (χ4n) is 2.31. The number of fused-ring (bicyclic) bond motifs is 1. The minimum Gasteiger partial charge on any atom is -0.497 e. The third kappa shape index (κ3) is 2.62. The number of hydrogen-bond donors (Lipinski definition) is 1. The third-order valence-electron chi connectivity index (χ3n) is 3.34. The van der Waals surface area contributed by atoms with Crippen LogP contribution in [0.3, 0.4) is 0 Å². The van der Waals surface area contributed by atoms with Gasteiger partial charge in [-0.1, -0.05) is 0 Å². The Kier molecular flexibility index (Phi) is 4.08. The molecule has 0 spiro atoms. The monoisotopic (exact) mass is 417 g/mol. The average Bonchev–Trinajstić information content (AvgIpc) is 2.78.